The maximum absolute atomic E-state index is 13.0. The monoisotopic (exact) mass is 435 g/mol. The highest BCUT2D eigenvalue weighted by molar-refractivity contribution is 5.96. The third-order valence-corrected chi connectivity index (χ3v) is 6.09. The standard InChI is InChI=1S/C27H25N5O/c33-27(29-25-9-5-4-8-23(25)20-6-2-1-3-7-20)22-14-18-32(19-15-22)26-11-10-24(30-31-26)21-12-16-28-17-13-21/h1-13,16-17,22H,14-15,18-19H2,(H,29,33). The molecule has 1 aliphatic rings. The molecule has 0 bridgehead atoms. The fourth-order valence-electron chi connectivity index (χ4n) is 4.24. The second-order valence-corrected chi connectivity index (χ2v) is 8.17. The van der Waals surface area contributed by atoms with Crippen LogP contribution in [0.4, 0.5) is 11.5 Å². The van der Waals surface area contributed by atoms with E-state index in [2.05, 4.69) is 37.5 Å². The van der Waals surface area contributed by atoms with Crippen molar-refractivity contribution in [2.24, 2.45) is 5.92 Å². The summed E-state index contributed by atoms with van der Waals surface area (Å²) in [5, 5.41) is 12.0. The molecule has 0 unspecified atom stereocenters. The van der Waals surface area contributed by atoms with Crippen LogP contribution in [0.3, 0.4) is 0 Å². The smallest absolute Gasteiger partial charge is 0.227 e. The summed E-state index contributed by atoms with van der Waals surface area (Å²) in [6.07, 6.45) is 5.07. The van der Waals surface area contributed by atoms with Gasteiger partial charge in [0.2, 0.25) is 5.91 Å². The SMILES string of the molecule is O=C(Nc1ccccc1-c1ccccc1)C1CCN(c2ccc(-c3ccncc3)nn2)CC1. The van der Waals surface area contributed by atoms with E-state index in [0.29, 0.717) is 0 Å². The fourth-order valence-corrected chi connectivity index (χ4v) is 4.24. The van der Waals surface area contributed by atoms with Crippen molar-refractivity contribution in [3.8, 4) is 22.4 Å². The van der Waals surface area contributed by atoms with Crippen LogP contribution in [0.5, 0.6) is 0 Å². The first kappa shape index (κ1) is 20.8. The minimum atomic E-state index is -0.0193. The number of carbonyl (C=O) groups is 1. The number of carbonyl (C=O) groups excluding carboxylic acids is 1. The zero-order valence-electron chi connectivity index (χ0n) is 18.3. The molecule has 3 heterocycles. The number of para-hydroxylation sites is 1. The molecule has 2 aromatic heterocycles. The second kappa shape index (κ2) is 9.61. The number of nitrogens with zero attached hydrogens (tertiary/aromatic N) is 4. The highest BCUT2D eigenvalue weighted by Gasteiger charge is 2.26. The van der Waals surface area contributed by atoms with Crippen LogP contribution in [-0.4, -0.2) is 34.2 Å². The Hall–Kier alpha value is -4.06. The molecule has 33 heavy (non-hydrogen) atoms. The summed E-state index contributed by atoms with van der Waals surface area (Å²) in [5.74, 6) is 0.910. The Morgan fingerprint density at radius 1 is 0.788 bits per heavy atom. The van der Waals surface area contributed by atoms with Gasteiger partial charge in [-0.1, -0.05) is 48.5 Å². The van der Waals surface area contributed by atoms with Gasteiger partial charge in [0, 0.05) is 48.2 Å². The zero-order valence-corrected chi connectivity index (χ0v) is 18.3. The van der Waals surface area contributed by atoms with E-state index in [4.69, 9.17) is 0 Å². The van der Waals surface area contributed by atoms with Crippen molar-refractivity contribution in [3.63, 3.8) is 0 Å². The van der Waals surface area contributed by atoms with E-state index in [9.17, 15) is 4.79 Å². The number of aromatic nitrogens is 3. The first-order valence-electron chi connectivity index (χ1n) is 11.2. The van der Waals surface area contributed by atoms with Gasteiger partial charge in [-0.15, -0.1) is 10.2 Å². The number of anilines is 2. The van der Waals surface area contributed by atoms with Crippen molar-refractivity contribution in [3.05, 3.63) is 91.3 Å². The normalized spacial score (nSPS) is 14.1. The van der Waals surface area contributed by atoms with Crippen LogP contribution in [0.15, 0.2) is 91.3 Å². The molecule has 2 aromatic carbocycles. The molecule has 6 heteroatoms. The second-order valence-electron chi connectivity index (χ2n) is 8.17. The van der Waals surface area contributed by atoms with Crippen LogP contribution in [0.2, 0.25) is 0 Å². The predicted molar refractivity (Wildman–Crippen MR) is 131 cm³/mol. The molecule has 1 N–H and O–H groups in total. The van der Waals surface area contributed by atoms with Gasteiger partial charge in [0.05, 0.1) is 5.69 Å². The molecule has 0 radical (unpaired) electrons. The highest BCUT2D eigenvalue weighted by Crippen LogP contribution is 2.29. The van der Waals surface area contributed by atoms with Crippen molar-refractivity contribution < 1.29 is 4.79 Å². The van der Waals surface area contributed by atoms with Gasteiger partial charge < -0.3 is 10.2 Å². The zero-order chi connectivity index (χ0) is 22.5. The molecule has 0 saturated carbocycles. The molecular weight excluding hydrogens is 410 g/mol. The number of rotatable bonds is 5. The number of hydrogen-bond acceptors (Lipinski definition) is 5. The lowest BCUT2D eigenvalue weighted by molar-refractivity contribution is -0.120. The lowest BCUT2D eigenvalue weighted by atomic mass is 9.95. The van der Waals surface area contributed by atoms with Crippen LogP contribution >= 0.6 is 0 Å². The van der Waals surface area contributed by atoms with Gasteiger partial charge in [-0.3, -0.25) is 9.78 Å². The molecule has 1 amide bonds. The molecule has 4 aromatic rings. The summed E-state index contributed by atoms with van der Waals surface area (Å²) in [4.78, 5) is 19.3. The van der Waals surface area contributed by atoms with E-state index < -0.39 is 0 Å². The fraction of sp³-hybridized carbons (Fsp3) is 0.185. The summed E-state index contributed by atoms with van der Waals surface area (Å²) in [6.45, 7) is 1.56. The van der Waals surface area contributed by atoms with E-state index in [1.807, 2.05) is 66.7 Å². The summed E-state index contributed by atoms with van der Waals surface area (Å²) in [7, 11) is 0. The maximum Gasteiger partial charge on any atom is 0.227 e. The number of nitrogens with one attached hydrogen (secondary N) is 1. The summed E-state index contributed by atoms with van der Waals surface area (Å²) < 4.78 is 0. The third kappa shape index (κ3) is 4.75. The Labute approximate surface area is 193 Å². The van der Waals surface area contributed by atoms with Gasteiger partial charge in [0.15, 0.2) is 5.82 Å². The van der Waals surface area contributed by atoms with E-state index in [-0.39, 0.29) is 11.8 Å². The minimum absolute atomic E-state index is 0.0193. The van der Waals surface area contributed by atoms with Gasteiger partial charge in [0.25, 0.3) is 0 Å². The Morgan fingerprint density at radius 3 is 2.24 bits per heavy atom. The maximum atomic E-state index is 13.0. The van der Waals surface area contributed by atoms with Crippen LogP contribution in [0.1, 0.15) is 12.8 Å². The first-order valence-corrected chi connectivity index (χ1v) is 11.2. The van der Waals surface area contributed by atoms with Crippen molar-refractivity contribution in [1.29, 1.82) is 0 Å². The van der Waals surface area contributed by atoms with Crippen LogP contribution in [0.25, 0.3) is 22.4 Å². The van der Waals surface area contributed by atoms with Crippen LogP contribution in [0, 0.1) is 5.92 Å². The summed E-state index contributed by atoms with van der Waals surface area (Å²) >= 11 is 0. The minimum Gasteiger partial charge on any atom is -0.355 e. The topological polar surface area (TPSA) is 71.0 Å². The average molecular weight is 436 g/mol. The summed E-state index contributed by atoms with van der Waals surface area (Å²) in [5.41, 5.74) is 4.81. The van der Waals surface area contributed by atoms with Crippen molar-refractivity contribution >= 4 is 17.4 Å². The molecule has 6 nitrogen and oxygen atoms in total. The van der Waals surface area contributed by atoms with E-state index >= 15 is 0 Å². The van der Waals surface area contributed by atoms with Gasteiger partial charge in [-0.05, 0) is 48.7 Å². The number of piperidine rings is 1. The van der Waals surface area contributed by atoms with Crippen molar-refractivity contribution in [2.75, 3.05) is 23.3 Å². The molecule has 0 atom stereocenters. The van der Waals surface area contributed by atoms with Gasteiger partial charge in [0.1, 0.15) is 0 Å². The van der Waals surface area contributed by atoms with Crippen LogP contribution < -0.4 is 10.2 Å². The number of benzene rings is 2. The van der Waals surface area contributed by atoms with Crippen LogP contribution in [-0.2, 0) is 4.79 Å². The van der Waals surface area contributed by atoms with Gasteiger partial charge in [-0.2, -0.15) is 0 Å². The Kier molecular flexibility index (Phi) is 6.06. The molecule has 5 rings (SSSR count). The predicted octanol–water partition coefficient (Wildman–Crippen LogP) is 5.06. The third-order valence-electron chi connectivity index (χ3n) is 6.09. The first-order chi connectivity index (χ1) is 16.3. The average Bonchev–Trinajstić information content (AvgIpc) is 2.90. The summed E-state index contributed by atoms with van der Waals surface area (Å²) in [6, 6.07) is 25.9. The van der Waals surface area contributed by atoms with Gasteiger partial charge in [-0.25, -0.2) is 0 Å². The molecule has 1 aliphatic heterocycles. The Balaban J connectivity index is 1.21. The van der Waals surface area contributed by atoms with Crippen molar-refractivity contribution in [2.45, 2.75) is 12.8 Å². The lowest BCUT2D eigenvalue weighted by Crippen LogP contribution is -2.38. The van der Waals surface area contributed by atoms with E-state index in [1.165, 1.54) is 0 Å². The molecular formula is C27H25N5O. The molecule has 164 valence electrons. The molecule has 1 fully saturated rings. The lowest BCUT2D eigenvalue weighted by Gasteiger charge is -2.32. The van der Waals surface area contributed by atoms with E-state index in [0.717, 1.165) is 59.8 Å². The van der Waals surface area contributed by atoms with Gasteiger partial charge >= 0.3 is 0 Å². The van der Waals surface area contributed by atoms with E-state index in [1.54, 1.807) is 12.4 Å². The molecule has 0 spiro atoms. The Morgan fingerprint density at radius 2 is 1.52 bits per heavy atom. The van der Waals surface area contributed by atoms with Crippen molar-refractivity contribution in [1.82, 2.24) is 15.2 Å². The molecule has 1 saturated heterocycles. The highest BCUT2D eigenvalue weighted by atomic mass is 16.1. The molecule has 0 aliphatic carbocycles. The number of amides is 1. The largest absolute Gasteiger partial charge is 0.355 e. The quantitative estimate of drug-likeness (QED) is 0.474. The number of hydrogen-bond donors (Lipinski definition) is 1. The Bertz CT molecular complexity index is 1200. The number of pyridine rings is 1.